The van der Waals surface area contributed by atoms with Crippen molar-refractivity contribution in [2.45, 2.75) is 52.5 Å². The summed E-state index contributed by atoms with van der Waals surface area (Å²) in [6.45, 7) is 12.4. The Bertz CT molecular complexity index is 701. The second kappa shape index (κ2) is 6.90. The summed E-state index contributed by atoms with van der Waals surface area (Å²) in [5.41, 5.74) is 3.10. The second-order valence-corrected chi connectivity index (χ2v) is 8.78. The van der Waals surface area contributed by atoms with Crippen LogP contribution in [0.4, 0.5) is 0 Å². The minimum absolute atomic E-state index is 0. The summed E-state index contributed by atoms with van der Waals surface area (Å²) < 4.78 is 2.10. The second-order valence-electron chi connectivity index (χ2n) is 7.62. The fourth-order valence-corrected chi connectivity index (χ4v) is 5.02. The monoisotopic (exact) mass is 369 g/mol. The molecule has 4 rings (SSSR count). The number of likely N-dealkylation sites (tertiary alicyclic amines) is 1. The van der Waals surface area contributed by atoms with Gasteiger partial charge in [-0.25, -0.2) is 9.50 Å². The smallest absolute Gasteiger partial charge is 0.212 e. The van der Waals surface area contributed by atoms with Crippen LogP contribution in [-0.2, 0) is 6.54 Å². The molecule has 0 unspecified atom stereocenters. The summed E-state index contributed by atoms with van der Waals surface area (Å²) in [4.78, 5) is 8.55. The Labute approximate surface area is 154 Å². The summed E-state index contributed by atoms with van der Waals surface area (Å²) >= 11 is 1.70. The molecule has 2 aliphatic heterocycles. The third kappa shape index (κ3) is 3.21. The maximum Gasteiger partial charge on any atom is 0.212 e. The molecule has 2 aliphatic rings. The summed E-state index contributed by atoms with van der Waals surface area (Å²) in [6, 6.07) is 0. The first-order valence-electron chi connectivity index (χ1n) is 8.84. The predicted octanol–water partition coefficient (Wildman–Crippen LogP) is 3.22. The lowest BCUT2D eigenvalue weighted by molar-refractivity contribution is 0.192. The van der Waals surface area contributed by atoms with Crippen molar-refractivity contribution in [3.05, 3.63) is 16.4 Å². The Kier molecular flexibility index (Phi) is 5.21. The maximum absolute atomic E-state index is 4.86. The molecule has 0 amide bonds. The number of fused-ring (bicyclic) bond motifs is 1. The summed E-state index contributed by atoms with van der Waals surface area (Å²) in [5.74, 6) is 0.453. The van der Waals surface area contributed by atoms with Gasteiger partial charge in [0.15, 0.2) is 0 Å². The minimum Gasteiger partial charge on any atom is -0.317 e. The molecule has 0 atom stereocenters. The van der Waals surface area contributed by atoms with Gasteiger partial charge in [0, 0.05) is 13.1 Å². The van der Waals surface area contributed by atoms with E-state index in [4.69, 9.17) is 10.1 Å². The van der Waals surface area contributed by atoms with Crippen molar-refractivity contribution in [2.24, 2.45) is 5.41 Å². The molecule has 2 fully saturated rings. The van der Waals surface area contributed by atoms with Gasteiger partial charge in [0.05, 0.1) is 11.4 Å². The molecule has 0 bridgehead atoms. The van der Waals surface area contributed by atoms with Gasteiger partial charge in [0.2, 0.25) is 4.96 Å². The molecule has 0 radical (unpaired) electrons. The fourth-order valence-electron chi connectivity index (χ4n) is 4.25. The predicted molar refractivity (Wildman–Crippen MR) is 101 cm³/mol. The zero-order chi connectivity index (χ0) is 16.0. The summed E-state index contributed by atoms with van der Waals surface area (Å²) in [5, 5.41) is 9.30. The molecule has 2 aromatic rings. The standard InChI is InChI=1S/C17H27N5S.ClH/c1-12(2)15-14(22-16(19-15)23-13(3)20-22)10-21-9-6-17(11-21)4-7-18-8-5-17;/h12,18H,4-11H2,1-3H3;1H. The van der Waals surface area contributed by atoms with E-state index in [-0.39, 0.29) is 12.4 Å². The van der Waals surface area contributed by atoms with Crippen LogP contribution in [0.15, 0.2) is 0 Å². The number of hydrogen-bond acceptors (Lipinski definition) is 5. The van der Waals surface area contributed by atoms with Gasteiger partial charge in [-0.15, -0.1) is 12.4 Å². The van der Waals surface area contributed by atoms with Crippen molar-refractivity contribution in [1.82, 2.24) is 24.8 Å². The van der Waals surface area contributed by atoms with Crippen LogP contribution in [-0.4, -0.2) is 45.7 Å². The van der Waals surface area contributed by atoms with Crippen LogP contribution in [0.2, 0.25) is 0 Å². The first-order valence-corrected chi connectivity index (χ1v) is 9.66. The first kappa shape index (κ1) is 18.1. The Morgan fingerprint density at radius 2 is 2.00 bits per heavy atom. The molecule has 4 heterocycles. The minimum atomic E-state index is 0. The van der Waals surface area contributed by atoms with Crippen LogP contribution >= 0.6 is 23.7 Å². The number of nitrogens with zero attached hydrogens (tertiary/aromatic N) is 4. The average Bonchev–Trinajstić information content (AvgIpc) is 3.15. The van der Waals surface area contributed by atoms with Gasteiger partial charge in [-0.05, 0) is 57.2 Å². The van der Waals surface area contributed by atoms with Gasteiger partial charge in [-0.3, -0.25) is 4.90 Å². The van der Waals surface area contributed by atoms with Gasteiger partial charge in [0.1, 0.15) is 5.01 Å². The number of rotatable bonds is 3. The summed E-state index contributed by atoms with van der Waals surface area (Å²) in [6.07, 6.45) is 4.01. The molecule has 0 aliphatic carbocycles. The van der Waals surface area contributed by atoms with Gasteiger partial charge >= 0.3 is 0 Å². The van der Waals surface area contributed by atoms with E-state index in [1.807, 2.05) is 0 Å². The van der Waals surface area contributed by atoms with Gasteiger partial charge in [-0.1, -0.05) is 25.2 Å². The van der Waals surface area contributed by atoms with Crippen molar-refractivity contribution < 1.29 is 0 Å². The molecule has 1 spiro atoms. The highest BCUT2D eigenvalue weighted by Crippen LogP contribution is 2.39. The van der Waals surface area contributed by atoms with E-state index in [1.54, 1.807) is 11.3 Å². The highest BCUT2D eigenvalue weighted by atomic mass is 35.5. The van der Waals surface area contributed by atoms with E-state index < -0.39 is 0 Å². The van der Waals surface area contributed by atoms with Crippen molar-refractivity contribution in [1.29, 1.82) is 0 Å². The van der Waals surface area contributed by atoms with E-state index >= 15 is 0 Å². The van der Waals surface area contributed by atoms with Gasteiger partial charge in [-0.2, -0.15) is 5.10 Å². The van der Waals surface area contributed by atoms with E-state index in [1.165, 1.54) is 56.8 Å². The highest BCUT2D eigenvalue weighted by Gasteiger charge is 2.39. The van der Waals surface area contributed by atoms with E-state index in [0.29, 0.717) is 11.3 Å². The van der Waals surface area contributed by atoms with E-state index in [0.717, 1.165) is 16.5 Å². The molecule has 0 saturated carbocycles. The maximum atomic E-state index is 4.86. The SMILES string of the molecule is Cc1nn2c(CN3CCC4(CCNCC4)C3)c(C(C)C)nc2s1.Cl. The van der Waals surface area contributed by atoms with Gasteiger partial charge < -0.3 is 5.32 Å². The lowest BCUT2D eigenvalue weighted by atomic mass is 9.78. The van der Waals surface area contributed by atoms with Crippen LogP contribution in [0.3, 0.4) is 0 Å². The van der Waals surface area contributed by atoms with E-state index in [9.17, 15) is 0 Å². The lowest BCUT2D eigenvalue weighted by Gasteiger charge is -2.33. The molecule has 1 N–H and O–H groups in total. The zero-order valence-electron chi connectivity index (χ0n) is 14.8. The number of piperidine rings is 1. The molecular weight excluding hydrogens is 342 g/mol. The molecular formula is C17H28ClN5S. The van der Waals surface area contributed by atoms with Crippen molar-refractivity contribution in [3.8, 4) is 0 Å². The number of nitrogens with one attached hydrogen (secondary N) is 1. The fraction of sp³-hybridized carbons (Fsp3) is 0.765. The number of halogens is 1. The van der Waals surface area contributed by atoms with Crippen molar-refractivity contribution >= 4 is 28.7 Å². The highest BCUT2D eigenvalue weighted by molar-refractivity contribution is 7.16. The van der Waals surface area contributed by atoms with Crippen LogP contribution in [0.1, 0.15) is 55.4 Å². The number of imidazole rings is 1. The number of aromatic nitrogens is 3. The quantitative estimate of drug-likeness (QED) is 0.902. The van der Waals surface area contributed by atoms with Crippen LogP contribution in [0.25, 0.3) is 4.96 Å². The largest absolute Gasteiger partial charge is 0.317 e. The third-order valence-corrected chi connectivity index (χ3v) is 6.35. The Morgan fingerprint density at radius 3 is 2.71 bits per heavy atom. The van der Waals surface area contributed by atoms with Gasteiger partial charge in [0.25, 0.3) is 0 Å². The van der Waals surface area contributed by atoms with Crippen LogP contribution in [0.5, 0.6) is 0 Å². The van der Waals surface area contributed by atoms with E-state index in [2.05, 4.69) is 35.5 Å². The normalized spacial score (nSPS) is 21.0. The molecule has 2 aromatic heterocycles. The Hall–Kier alpha value is -0.690. The van der Waals surface area contributed by atoms with Crippen molar-refractivity contribution in [2.75, 3.05) is 26.2 Å². The zero-order valence-corrected chi connectivity index (χ0v) is 16.5. The molecule has 134 valence electrons. The third-order valence-electron chi connectivity index (χ3n) is 5.53. The Morgan fingerprint density at radius 1 is 1.25 bits per heavy atom. The molecule has 2 saturated heterocycles. The molecule has 7 heteroatoms. The average molecular weight is 370 g/mol. The lowest BCUT2D eigenvalue weighted by Crippen LogP contribution is -2.38. The van der Waals surface area contributed by atoms with Crippen molar-refractivity contribution in [3.63, 3.8) is 0 Å². The molecule has 5 nitrogen and oxygen atoms in total. The van der Waals surface area contributed by atoms with Crippen LogP contribution in [0, 0.1) is 12.3 Å². The molecule has 24 heavy (non-hydrogen) atoms. The topological polar surface area (TPSA) is 45.5 Å². The summed E-state index contributed by atoms with van der Waals surface area (Å²) in [7, 11) is 0. The van der Waals surface area contributed by atoms with Crippen LogP contribution < -0.4 is 5.32 Å². The molecule has 0 aromatic carbocycles. The number of hydrogen-bond donors (Lipinski definition) is 1. The first-order chi connectivity index (χ1) is 11.1. The Balaban J connectivity index is 0.00000169. The number of aryl methyl sites for hydroxylation is 1.